The predicted molar refractivity (Wildman–Crippen MR) is 129 cm³/mol. The van der Waals surface area contributed by atoms with Crippen LogP contribution in [0.3, 0.4) is 0 Å². The first-order valence-electron chi connectivity index (χ1n) is 10.5. The second-order valence-corrected chi connectivity index (χ2v) is 10.5. The van der Waals surface area contributed by atoms with Gasteiger partial charge in [0.05, 0.1) is 11.2 Å². The molecule has 0 atom stereocenters. The number of nitrogens with zero attached hydrogens (tertiary/aromatic N) is 3. The third kappa shape index (κ3) is 6.31. The number of benzene rings is 1. The van der Waals surface area contributed by atoms with Crippen molar-refractivity contribution in [3.8, 4) is 11.6 Å². The van der Waals surface area contributed by atoms with E-state index in [1.807, 2.05) is 25.1 Å². The lowest BCUT2D eigenvalue weighted by atomic mass is 10.1. The first-order valence-corrected chi connectivity index (χ1v) is 12.8. The molecule has 0 amide bonds. The molecule has 0 saturated carbocycles. The molecule has 0 aliphatic rings. The van der Waals surface area contributed by atoms with Gasteiger partial charge in [-0.25, -0.2) is 23.1 Å². The minimum absolute atomic E-state index is 0.0194. The van der Waals surface area contributed by atoms with Crippen molar-refractivity contribution in [2.24, 2.45) is 0 Å². The Morgan fingerprint density at radius 3 is 2.44 bits per heavy atom. The van der Waals surface area contributed by atoms with E-state index in [9.17, 15) is 13.2 Å². The summed E-state index contributed by atoms with van der Waals surface area (Å²) in [6.45, 7) is 1.96. The van der Waals surface area contributed by atoms with Crippen LogP contribution in [0, 0.1) is 6.92 Å². The highest BCUT2D eigenvalue weighted by Crippen LogP contribution is 2.20. The Kier molecular flexibility index (Phi) is 7.41. The van der Waals surface area contributed by atoms with Crippen LogP contribution in [-0.4, -0.2) is 29.2 Å². The zero-order valence-electron chi connectivity index (χ0n) is 18.3. The number of para-hydroxylation sites is 1. The predicted octanol–water partition coefficient (Wildman–Crippen LogP) is 4.33. The number of carbonyl (C=O) groups excluding carboxylic acids is 1. The normalized spacial score (nSPS) is 11.3. The summed E-state index contributed by atoms with van der Waals surface area (Å²) in [5.41, 5.74) is 0.987. The number of thiazole rings is 1. The summed E-state index contributed by atoms with van der Waals surface area (Å²) in [6, 6.07) is 15.3. The maximum atomic E-state index is 12.6. The van der Waals surface area contributed by atoms with Crippen LogP contribution in [0.5, 0.6) is 11.6 Å². The van der Waals surface area contributed by atoms with Crippen LogP contribution >= 0.6 is 11.3 Å². The van der Waals surface area contributed by atoms with Gasteiger partial charge in [-0.1, -0.05) is 24.3 Å². The lowest BCUT2D eigenvalue weighted by Gasteiger charge is -2.08. The molecule has 8 nitrogen and oxygen atoms in total. The van der Waals surface area contributed by atoms with Crippen molar-refractivity contribution >= 4 is 27.1 Å². The van der Waals surface area contributed by atoms with Crippen molar-refractivity contribution in [1.29, 1.82) is 0 Å². The van der Waals surface area contributed by atoms with Crippen LogP contribution in [0.15, 0.2) is 78.1 Å². The summed E-state index contributed by atoms with van der Waals surface area (Å²) in [6.07, 6.45) is 5.50. The van der Waals surface area contributed by atoms with Gasteiger partial charge in [0.2, 0.25) is 15.9 Å². The van der Waals surface area contributed by atoms with Gasteiger partial charge in [-0.15, -0.1) is 11.3 Å². The molecule has 0 unspecified atom stereocenters. The minimum Gasteiger partial charge on any atom is -0.439 e. The number of aromatic nitrogens is 3. The lowest BCUT2D eigenvalue weighted by molar-refractivity contribution is 0.0978. The first-order chi connectivity index (χ1) is 16.4. The van der Waals surface area contributed by atoms with Gasteiger partial charge in [-0.2, -0.15) is 0 Å². The van der Waals surface area contributed by atoms with Crippen LogP contribution < -0.4 is 9.46 Å². The number of sulfonamides is 1. The van der Waals surface area contributed by atoms with Crippen molar-refractivity contribution in [1.82, 2.24) is 19.7 Å². The molecule has 1 aromatic carbocycles. The molecule has 10 heteroatoms. The molecule has 34 heavy (non-hydrogen) atoms. The summed E-state index contributed by atoms with van der Waals surface area (Å²) < 4.78 is 33.3. The van der Waals surface area contributed by atoms with Crippen molar-refractivity contribution in [2.75, 3.05) is 0 Å². The second-order valence-electron chi connectivity index (χ2n) is 7.39. The number of hydrogen-bond donors (Lipinski definition) is 1. The SMILES string of the molecule is Cc1ncc(CCC(=O)c2ccc(CNS(=O)(=O)c3ccc(Oc4ccccc4)nc3)cn2)s1. The Morgan fingerprint density at radius 1 is 0.971 bits per heavy atom. The number of nitrogens with one attached hydrogen (secondary N) is 1. The maximum Gasteiger partial charge on any atom is 0.242 e. The fraction of sp³-hybridized carbons (Fsp3) is 0.167. The highest BCUT2D eigenvalue weighted by atomic mass is 32.2. The smallest absolute Gasteiger partial charge is 0.242 e. The molecule has 0 fully saturated rings. The number of pyridine rings is 2. The van der Waals surface area contributed by atoms with E-state index in [0.29, 0.717) is 35.7 Å². The van der Waals surface area contributed by atoms with E-state index >= 15 is 0 Å². The Labute approximate surface area is 201 Å². The van der Waals surface area contributed by atoms with Gasteiger partial charge < -0.3 is 4.74 Å². The second kappa shape index (κ2) is 10.6. The number of ketones is 1. The largest absolute Gasteiger partial charge is 0.439 e. The summed E-state index contributed by atoms with van der Waals surface area (Å²) in [5.74, 6) is 0.832. The van der Waals surface area contributed by atoms with Gasteiger partial charge >= 0.3 is 0 Å². The molecule has 4 aromatic rings. The van der Waals surface area contributed by atoms with Gasteiger partial charge in [0.25, 0.3) is 0 Å². The van der Waals surface area contributed by atoms with Gasteiger partial charge in [-0.05, 0) is 43.2 Å². The number of Topliss-reactive ketones (excluding diaryl/α,β-unsaturated/α-hetero) is 1. The number of carbonyl (C=O) groups is 1. The van der Waals surface area contributed by atoms with Crippen LogP contribution in [0.2, 0.25) is 0 Å². The van der Waals surface area contributed by atoms with E-state index in [0.717, 1.165) is 9.88 Å². The first kappa shape index (κ1) is 23.7. The molecule has 1 N–H and O–H groups in total. The van der Waals surface area contributed by atoms with E-state index in [1.165, 1.54) is 24.5 Å². The van der Waals surface area contributed by atoms with Crippen molar-refractivity contribution < 1.29 is 17.9 Å². The molecule has 3 aromatic heterocycles. The van der Waals surface area contributed by atoms with Crippen LogP contribution in [0.1, 0.15) is 32.4 Å². The van der Waals surface area contributed by atoms with Gasteiger partial charge in [-0.3, -0.25) is 9.78 Å². The fourth-order valence-corrected chi connectivity index (χ4v) is 4.79. The molecule has 174 valence electrons. The number of rotatable bonds is 10. The standard InChI is InChI=1S/C24H22N4O4S2/c1-17-25-15-20(33-17)8-11-23(29)22-10-7-18(13-26-22)14-28-34(30,31)21-9-12-24(27-16-21)32-19-5-3-2-4-6-19/h2-7,9-10,12-13,15-16,28H,8,11,14H2,1H3. The average molecular weight is 495 g/mol. The van der Waals surface area contributed by atoms with E-state index < -0.39 is 10.0 Å². The molecule has 4 rings (SSSR count). The van der Waals surface area contributed by atoms with Gasteiger partial charge in [0.1, 0.15) is 16.3 Å². The Hall–Kier alpha value is -3.47. The molecular formula is C24H22N4O4S2. The van der Waals surface area contributed by atoms with Gasteiger partial charge in [0.15, 0.2) is 5.78 Å². The molecule has 0 spiro atoms. The van der Waals surface area contributed by atoms with Crippen molar-refractivity contribution in [3.05, 3.63) is 94.3 Å². The Morgan fingerprint density at radius 2 is 1.79 bits per heavy atom. The molecule has 3 heterocycles. The molecule has 0 aliphatic heterocycles. The third-order valence-electron chi connectivity index (χ3n) is 4.83. The average Bonchev–Trinajstić information content (AvgIpc) is 3.28. The van der Waals surface area contributed by atoms with E-state index in [4.69, 9.17) is 4.74 Å². The quantitative estimate of drug-likeness (QED) is 0.327. The fourth-order valence-electron chi connectivity index (χ4n) is 3.04. The third-order valence-corrected chi connectivity index (χ3v) is 7.19. The molecular weight excluding hydrogens is 472 g/mol. The van der Waals surface area contributed by atoms with Crippen LogP contribution in [0.25, 0.3) is 0 Å². The number of hydrogen-bond acceptors (Lipinski definition) is 8. The monoisotopic (exact) mass is 494 g/mol. The highest BCUT2D eigenvalue weighted by molar-refractivity contribution is 7.89. The van der Waals surface area contributed by atoms with E-state index in [-0.39, 0.29) is 17.2 Å². The molecule has 0 aliphatic carbocycles. The summed E-state index contributed by atoms with van der Waals surface area (Å²) >= 11 is 1.57. The zero-order chi connectivity index (χ0) is 24.0. The van der Waals surface area contributed by atoms with E-state index in [2.05, 4.69) is 19.7 Å². The molecule has 0 saturated heterocycles. The molecule has 0 radical (unpaired) electrons. The maximum absolute atomic E-state index is 12.6. The topological polar surface area (TPSA) is 111 Å². The zero-order valence-corrected chi connectivity index (χ0v) is 20.0. The molecule has 0 bridgehead atoms. The number of ether oxygens (including phenoxy) is 1. The number of aryl methyl sites for hydroxylation is 2. The van der Waals surface area contributed by atoms with Crippen LogP contribution in [0.4, 0.5) is 0 Å². The summed E-state index contributed by atoms with van der Waals surface area (Å²) in [4.78, 5) is 25.9. The van der Waals surface area contributed by atoms with Crippen molar-refractivity contribution in [2.45, 2.75) is 31.2 Å². The Balaban J connectivity index is 1.31. The van der Waals surface area contributed by atoms with Crippen LogP contribution in [-0.2, 0) is 23.0 Å². The Bertz CT molecular complexity index is 1350. The highest BCUT2D eigenvalue weighted by Gasteiger charge is 2.15. The summed E-state index contributed by atoms with van der Waals surface area (Å²) in [5, 5.41) is 0.972. The minimum atomic E-state index is -3.78. The summed E-state index contributed by atoms with van der Waals surface area (Å²) in [7, 11) is -3.78. The lowest BCUT2D eigenvalue weighted by Crippen LogP contribution is -2.23. The van der Waals surface area contributed by atoms with Crippen molar-refractivity contribution in [3.63, 3.8) is 0 Å². The van der Waals surface area contributed by atoms with E-state index in [1.54, 1.807) is 41.8 Å². The van der Waals surface area contributed by atoms with Gasteiger partial charge in [0, 0.05) is 36.3 Å².